The van der Waals surface area contributed by atoms with Crippen LogP contribution in [0.15, 0.2) is 29.3 Å². The fraction of sp³-hybridized carbons (Fsp3) is 0.333. The largest absolute Gasteiger partial charge is 0.442 e. The highest BCUT2D eigenvalue weighted by molar-refractivity contribution is 6.33. The van der Waals surface area contributed by atoms with E-state index in [1.165, 1.54) is 6.21 Å². The van der Waals surface area contributed by atoms with Crippen molar-refractivity contribution in [1.82, 2.24) is 0 Å². The van der Waals surface area contributed by atoms with Gasteiger partial charge in [-0.15, -0.1) is 0 Å². The number of amides is 1. The number of benzene rings is 1. The minimum absolute atomic E-state index is 0.533. The third-order valence-electron chi connectivity index (χ3n) is 1.61. The quantitative estimate of drug-likeness (QED) is 0.701. The van der Waals surface area contributed by atoms with Gasteiger partial charge >= 0.3 is 6.09 Å². The van der Waals surface area contributed by atoms with Crippen LogP contribution in [0, 0.1) is 0 Å². The maximum Gasteiger partial charge on any atom is 0.434 e. The molecule has 1 rings (SSSR count). The maximum atomic E-state index is 11.3. The summed E-state index contributed by atoms with van der Waals surface area (Å²) in [7, 11) is 0. The average Bonchev–Trinajstić information content (AvgIpc) is 2.14. The summed E-state index contributed by atoms with van der Waals surface area (Å²) >= 11 is 5.90. The van der Waals surface area contributed by atoms with E-state index in [0.717, 1.165) is 0 Å². The normalized spacial score (nSPS) is 11.8. The van der Waals surface area contributed by atoms with Gasteiger partial charge in [0.05, 0.1) is 0 Å². The molecule has 3 nitrogen and oxygen atoms in total. The molecule has 0 heterocycles. The standard InChI is InChI=1S/C12H14ClNO2/c1-12(2,3)16-11(15)14-8-9-6-4-5-7-10(9)13/h4-8H,1-3H3/b14-8-. The second kappa shape index (κ2) is 5.12. The third-order valence-corrected chi connectivity index (χ3v) is 1.95. The number of carbonyl (C=O) groups excluding carboxylic acids is 1. The van der Waals surface area contributed by atoms with E-state index in [4.69, 9.17) is 16.3 Å². The van der Waals surface area contributed by atoms with E-state index in [-0.39, 0.29) is 0 Å². The summed E-state index contributed by atoms with van der Waals surface area (Å²) in [6, 6.07) is 7.14. The Morgan fingerprint density at radius 2 is 2.00 bits per heavy atom. The molecular formula is C12H14ClNO2. The lowest BCUT2D eigenvalue weighted by atomic mass is 10.2. The highest BCUT2D eigenvalue weighted by Gasteiger charge is 2.14. The molecule has 0 saturated carbocycles. The van der Waals surface area contributed by atoms with Crippen LogP contribution in [-0.4, -0.2) is 17.9 Å². The lowest BCUT2D eigenvalue weighted by Crippen LogP contribution is -2.21. The fourth-order valence-electron chi connectivity index (χ4n) is 0.990. The molecule has 1 amide bonds. The second-order valence-electron chi connectivity index (χ2n) is 4.26. The first kappa shape index (κ1) is 12.7. The van der Waals surface area contributed by atoms with Crippen molar-refractivity contribution in [2.75, 3.05) is 0 Å². The predicted octanol–water partition coefficient (Wildman–Crippen LogP) is 3.69. The van der Waals surface area contributed by atoms with Crippen molar-refractivity contribution in [3.8, 4) is 0 Å². The van der Waals surface area contributed by atoms with Gasteiger partial charge in [0, 0.05) is 16.8 Å². The van der Waals surface area contributed by atoms with Gasteiger partial charge in [0.2, 0.25) is 0 Å². The summed E-state index contributed by atoms with van der Waals surface area (Å²) in [6.45, 7) is 5.36. The van der Waals surface area contributed by atoms with Gasteiger partial charge in [-0.1, -0.05) is 29.8 Å². The van der Waals surface area contributed by atoms with Gasteiger partial charge in [-0.2, -0.15) is 4.99 Å². The molecular weight excluding hydrogens is 226 g/mol. The number of hydrogen-bond acceptors (Lipinski definition) is 2. The minimum Gasteiger partial charge on any atom is -0.442 e. The molecule has 1 aromatic carbocycles. The van der Waals surface area contributed by atoms with E-state index in [9.17, 15) is 4.79 Å². The van der Waals surface area contributed by atoms with Gasteiger partial charge in [0.25, 0.3) is 0 Å². The number of hydrogen-bond donors (Lipinski definition) is 0. The summed E-state index contributed by atoms with van der Waals surface area (Å²) in [6.07, 6.45) is 0.781. The van der Waals surface area contributed by atoms with Crippen LogP contribution in [-0.2, 0) is 4.74 Å². The molecule has 1 aromatic rings. The zero-order valence-electron chi connectivity index (χ0n) is 9.53. The molecule has 86 valence electrons. The molecule has 0 saturated heterocycles. The van der Waals surface area contributed by atoms with E-state index in [1.54, 1.807) is 32.9 Å². The zero-order valence-corrected chi connectivity index (χ0v) is 10.3. The van der Waals surface area contributed by atoms with Gasteiger partial charge in [0.1, 0.15) is 5.60 Å². The molecule has 4 heteroatoms. The predicted molar refractivity (Wildman–Crippen MR) is 65.3 cm³/mol. The third kappa shape index (κ3) is 4.45. The Morgan fingerprint density at radius 3 is 2.56 bits per heavy atom. The summed E-state index contributed by atoms with van der Waals surface area (Å²) in [5.74, 6) is 0. The maximum absolute atomic E-state index is 11.3. The molecule has 16 heavy (non-hydrogen) atoms. The fourth-order valence-corrected chi connectivity index (χ4v) is 1.17. The van der Waals surface area contributed by atoms with Crippen LogP contribution < -0.4 is 0 Å². The number of nitrogens with zero attached hydrogens (tertiary/aromatic N) is 1. The Hall–Kier alpha value is -1.35. The molecule has 0 N–H and O–H groups in total. The van der Waals surface area contributed by atoms with Gasteiger partial charge in [-0.05, 0) is 26.8 Å². The molecule has 0 radical (unpaired) electrons. The van der Waals surface area contributed by atoms with Crippen LogP contribution in [0.3, 0.4) is 0 Å². The SMILES string of the molecule is CC(C)(C)OC(=O)/N=C\c1ccccc1Cl. The molecule has 0 spiro atoms. The van der Waals surface area contributed by atoms with Gasteiger partial charge in [-0.25, -0.2) is 4.79 Å². The summed E-state index contributed by atoms with van der Waals surface area (Å²) in [5, 5.41) is 0.551. The van der Waals surface area contributed by atoms with Crippen LogP contribution in [0.5, 0.6) is 0 Å². The van der Waals surface area contributed by atoms with Crippen LogP contribution in [0.25, 0.3) is 0 Å². The molecule has 0 aromatic heterocycles. The molecule has 0 unspecified atom stereocenters. The van der Waals surface area contributed by atoms with Crippen molar-refractivity contribution in [1.29, 1.82) is 0 Å². The molecule has 0 atom stereocenters. The Kier molecular flexibility index (Phi) is 4.07. The summed E-state index contributed by atoms with van der Waals surface area (Å²) in [5.41, 5.74) is 0.157. The number of carbonyl (C=O) groups is 1. The Morgan fingerprint density at radius 1 is 1.38 bits per heavy atom. The van der Waals surface area contributed by atoms with Crippen molar-refractivity contribution in [2.24, 2.45) is 4.99 Å². The highest BCUT2D eigenvalue weighted by Crippen LogP contribution is 2.13. The Balaban J connectivity index is 2.68. The smallest absolute Gasteiger partial charge is 0.434 e. The number of rotatable bonds is 1. The summed E-state index contributed by atoms with van der Waals surface area (Å²) < 4.78 is 5.02. The lowest BCUT2D eigenvalue weighted by Gasteiger charge is -2.17. The number of ether oxygens (including phenoxy) is 1. The zero-order chi connectivity index (χ0) is 12.2. The minimum atomic E-state index is -0.618. The molecule has 0 aliphatic carbocycles. The summed E-state index contributed by atoms with van der Waals surface area (Å²) in [4.78, 5) is 15.0. The van der Waals surface area contributed by atoms with Crippen molar-refractivity contribution >= 4 is 23.9 Å². The van der Waals surface area contributed by atoms with Crippen molar-refractivity contribution in [3.05, 3.63) is 34.9 Å². The molecule has 0 fully saturated rings. The second-order valence-corrected chi connectivity index (χ2v) is 4.67. The molecule has 0 bridgehead atoms. The first-order valence-corrected chi connectivity index (χ1v) is 5.28. The van der Waals surface area contributed by atoms with E-state index in [1.807, 2.05) is 12.1 Å². The van der Waals surface area contributed by atoms with Gasteiger partial charge < -0.3 is 4.74 Å². The lowest BCUT2D eigenvalue weighted by molar-refractivity contribution is 0.0605. The topological polar surface area (TPSA) is 38.7 Å². The highest BCUT2D eigenvalue weighted by atomic mass is 35.5. The van der Waals surface area contributed by atoms with Crippen molar-refractivity contribution in [3.63, 3.8) is 0 Å². The Bertz CT molecular complexity index is 408. The van der Waals surface area contributed by atoms with Crippen LogP contribution in [0.4, 0.5) is 4.79 Å². The monoisotopic (exact) mass is 239 g/mol. The van der Waals surface area contributed by atoms with E-state index >= 15 is 0 Å². The van der Waals surface area contributed by atoms with E-state index in [2.05, 4.69) is 4.99 Å². The number of aliphatic imine (C=N–C) groups is 1. The number of halogens is 1. The van der Waals surface area contributed by atoms with Crippen LogP contribution in [0.2, 0.25) is 5.02 Å². The van der Waals surface area contributed by atoms with Crippen LogP contribution >= 0.6 is 11.6 Å². The molecule has 0 aliphatic rings. The van der Waals surface area contributed by atoms with E-state index < -0.39 is 11.7 Å². The van der Waals surface area contributed by atoms with Gasteiger partial charge in [-0.3, -0.25) is 0 Å². The molecule has 0 aliphatic heterocycles. The Labute approximate surface area is 100 Å². The van der Waals surface area contributed by atoms with Crippen molar-refractivity contribution in [2.45, 2.75) is 26.4 Å². The first-order chi connectivity index (χ1) is 7.38. The first-order valence-electron chi connectivity index (χ1n) is 4.90. The van der Waals surface area contributed by atoms with Gasteiger partial charge in [0.15, 0.2) is 0 Å². The average molecular weight is 240 g/mol. The van der Waals surface area contributed by atoms with E-state index in [0.29, 0.717) is 10.6 Å². The van der Waals surface area contributed by atoms with Crippen molar-refractivity contribution < 1.29 is 9.53 Å². The van der Waals surface area contributed by atoms with Crippen LogP contribution in [0.1, 0.15) is 26.3 Å².